The van der Waals surface area contributed by atoms with E-state index in [4.69, 9.17) is 4.74 Å². The summed E-state index contributed by atoms with van der Waals surface area (Å²) in [5, 5.41) is 3.34. The quantitative estimate of drug-likeness (QED) is 0.928. The molecule has 2 aromatic rings. The van der Waals surface area contributed by atoms with Crippen molar-refractivity contribution >= 4 is 15.9 Å². The van der Waals surface area contributed by atoms with Crippen molar-refractivity contribution in [2.75, 3.05) is 14.2 Å². The van der Waals surface area contributed by atoms with Crippen molar-refractivity contribution in [3.05, 3.63) is 64.1 Å². The molecule has 0 aliphatic rings. The smallest absolute Gasteiger partial charge is 0.124 e. The van der Waals surface area contributed by atoms with Crippen molar-refractivity contribution in [3.8, 4) is 5.75 Å². The van der Waals surface area contributed by atoms with Gasteiger partial charge in [0.25, 0.3) is 0 Å². The van der Waals surface area contributed by atoms with Gasteiger partial charge < -0.3 is 10.1 Å². The molecule has 1 N–H and O–H groups in total. The minimum atomic E-state index is 0.124. The van der Waals surface area contributed by atoms with Gasteiger partial charge in [-0.05, 0) is 30.8 Å². The van der Waals surface area contributed by atoms with Crippen LogP contribution in [0.3, 0.4) is 0 Å². The Hall–Kier alpha value is -1.32. The van der Waals surface area contributed by atoms with E-state index in [2.05, 4.69) is 39.4 Å². The Bertz CT molecular complexity index is 513. The zero-order chi connectivity index (χ0) is 13.0. The Morgan fingerprint density at radius 1 is 1.11 bits per heavy atom. The van der Waals surface area contributed by atoms with Crippen LogP contribution in [0.1, 0.15) is 17.2 Å². The van der Waals surface area contributed by atoms with E-state index in [1.165, 1.54) is 5.56 Å². The van der Waals surface area contributed by atoms with Crippen molar-refractivity contribution in [3.63, 3.8) is 0 Å². The first-order chi connectivity index (χ1) is 8.76. The number of hydrogen-bond acceptors (Lipinski definition) is 2. The van der Waals surface area contributed by atoms with Gasteiger partial charge in [-0.1, -0.05) is 46.3 Å². The van der Waals surface area contributed by atoms with E-state index in [0.29, 0.717) is 0 Å². The Kier molecular flexibility index (Phi) is 4.39. The lowest BCUT2D eigenvalue weighted by atomic mass is 9.98. The predicted octanol–water partition coefficient (Wildman–Crippen LogP) is 3.77. The van der Waals surface area contributed by atoms with Crippen molar-refractivity contribution in [1.29, 1.82) is 0 Å². The standard InChI is InChI=1S/C15H16BrNO/c1-17-15(11-6-4-3-5-7-11)13-10-12(16)8-9-14(13)18-2/h3-10,15,17H,1-2H3. The van der Waals surface area contributed by atoms with Gasteiger partial charge in [-0.2, -0.15) is 0 Å². The molecule has 1 atom stereocenters. The molecule has 2 nitrogen and oxygen atoms in total. The monoisotopic (exact) mass is 305 g/mol. The van der Waals surface area contributed by atoms with Gasteiger partial charge in [-0.15, -0.1) is 0 Å². The molecule has 0 aliphatic heterocycles. The SMILES string of the molecule is CNC(c1ccccc1)c1cc(Br)ccc1OC. The van der Waals surface area contributed by atoms with E-state index in [1.807, 2.05) is 37.4 Å². The summed E-state index contributed by atoms with van der Waals surface area (Å²) in [5.74, 6) is 0.890. The first-order valence-electron chi connectivity index (χ1n) is 5.82. The van der Waals surface area contributed by atoms with Crippen LogP contribution in [0.2, 0.25) is 0 Å². The molecule has 0 saturated carbocycles. The molecule has 1 unspecified atom stereocenters. The van der Waals surface area contributed by atoms with Gasteiger partial charge in [0.05, 0.1) is 13.2 Å². The Morgan fingerprint density at radius 2 is 1.83 bits per heavy atom. The summed E-state index contributed by atoms with van der Waals surface area (Å²) in [6.45, 7) is 0. The van der Waals surface area contributed by atoms with Crippen LogP contribution in [0.5, 0.6) is 5.75 Å². The molecule has 0 spiro atoms. The number of halogens is 1. The van der Waals surface area contributed by atoms with Crippen LogP contribution in [0.15, 0.2) is 53.0 Å². The molecule has 94 valence electrons. The molecule has 3 heteroatoms. The first-order valence-corrected chi connectivity index (χ1v) is 6.61. The van der Waals surface area contributed by atoms with Crippen LogP contribution in [0.4, 0.5) is 0 Å². The molecule has 2 rings (SSSR count). The Morgan fingerprint density at radius 3 is 2.44 bits per heavy atom. The largest absolute Gasteiger partial charge is 0.496 e. The molecular formula is C15H16BrNO. The van der Waals surface area contributed by atoms with E-state index in [9.17, 15) is 0 Å². The first kappa shape index (κ1) is 13.1. The Labute approximate surface area is 116 Å². The van der Waals surface area contributed by atoms with Crippen LogP contribution in [-0.4, -0.2) is 14.2 Å². The normalized spacial score (nSPS) is 12.2. The highest BCUT2D eigenvalue weighted by Gasteiger charge is 2.16. The molecule has 0 aromatic heterocycles. The third-order valence-electron chi connectivity index (χ3n) is 2.92. The molecule has 0 amide bonds. The van der Waals surface area contributed by atoms with E-state index in [1.54, 1.807) is 7.11 Å². The number of nitrogens with one attached hydrogen (secondary N) is 1. The summed E-state index contributed by atoms with van der Waals surface area (Å²) in [6.07, 6.45) is 0. The van der Waals surface area contributed by atoms with Crippen LogP contribution in [-0.2, 0) is 0 Å². The maximum absolute atomic E-state index is 5.44. The number of methoxy groups -OCH3 is 1. The molecule has 0 fully saturated rings. The lowest BCUT2D eigenvalue weighted by Crippen LogP contribution is -2.18. The average Bonchev–Trinajstić information content (AvgIpc) is 2.41. The van der Waals surface area contributed by atoms with Gasteiger partial charge in [0.15, 0.2) is 0 Å². The fraction of sp³-hybridized carbons (Fsp3) is 0.200. The minimum absolute atomic E-state index is 0.124. The van der Waals surface area contributed by atoms with Crippen molar-refractivity contribution < 1.29 is 4.74 Å². The fourth-order valence-electron chi connectivity index (χ4n) is 2.08. The van der Waals surface area contributed by atoms with Crippen LogP contribution >= 0.6 is 15.9 Å². The third-order valence-corrected chi connectivity index (χ3v) is 3.42. The minimum Gasteiger partial charge on any atom is -0.496 e. The zero-order valence-corrected chi connectivity index (χ0v) is 12.1. The summed E-state index contributed by atoms with van der Waals surface area (Å²) in [5.41, 5.74) is 2.34. The molecule has 0 bridgehead atoms. The van der Waals surface area contributed by atoms with Crippen LogP contribution in [0, 0.1) is 0 Å². The number of hydrogen-bond donors (Lipinski definition) is 1. The second-order valence-corrected chi connectivity index (χ2v) is 4.93. The van der Waals surface area contributed by atoms with Gasteiger partial charge in [-0.25, -0.2) is 0 Å². The van der Waals surface area contributed by atoms with Gasteiger partial charge in [-0.3, -0.25) is 0 Å². The highest BCUT2D eigenvalue weighted by atomic mass is 79.9. The fourth-order valence-corrected chi connectivity index (χ4v) is 2.46. The highest BCUT2D eigenvalue weighted by Crippen LogP contribution is 2.32. The van der Waals surface area contributed by atoms with E-state index < -0.39 is 0 Å². The molecule has 0 aliphatic carbocycles. The van der Waals surface area contributed by atoms with Gasteiger partial charge in [0, 0.05) is 10.0 Å². The van der Waals surface area contributed by atoms with Crippen molar-refractivity contribution in [2.24, 2.45) is 0 Å². The van der Waals surface area contributed by atoms with Crippen LogP contribution < -0.4 is 10.1 Å². The molecule has 18 heavy (non-hydrogen) atoms. The molecule has 0 saturated heterocycles. The summed E-state index contributed by atoms with van der Waals surface area (Å²) in [7, 11) is 3.66. The molecule has 2 aromatic carbocycles. The Balaban J connectivity index is 2.48. The summed E-state index contributed by atoms with van der Waals surface area (Å²) < 4.78 is 6.49. The average molecular weight is 306 g/mol. The number of ether oxygens (including phenoxy) is 1. The second kappa shape index (κ2) is 6.03. The highest BCUT2D eigenvalue weighted by molar-refractivity contribution is 9.10. The summed E-state index contributed by atoms with van der Waals surface area (Å²) in [4.78, 5) is 0. The summed E-state index contributed by atoms with van der Waals surface area (Å²) in [6, 6.07) is 16.5. The lowest BCUT2D eigenvalue weighted by molar-refractivity contribution is 0.405. The van der Waals surface area contributed by atoms with Crippen molar-refractivity contribution in [1.82, 2.24) is 5.32 Å². The van der Waals surface area contributed by atoms with E-state index in [0.717, 1.165) is 15.8 Å². The number of benzene rings is 2. The van der Waals surface area contributed by atoms with Crippen LogP contribution in [0.25, 0.3) is 0 Å². The van der Waals surface area contributed by atoms with Gasteiger partial charge in [0.2, 0.25) is 0 Å². The van der Waals surface area contributed by atoms with Crippen molar-refractivity contribution in [2.45, 2.75) is 6.04 Å². The maximum atomic E-state index is 5.44. The lowest BCUT2D eigenvalue weighted by Gasteiger charge is -2.20. The predicted molar refractivity (Wildman–Crippen MR) is 78.0 cm³/mol. The number of rotatable bonds is 4. The van der Waals surface area contributed by atoms with E-state index in [-0.39, 0.29) is 6.04 Å². The maximum Gasteiger partial charge on any atom is 0.124 e. The molecule has 0 radical (unpaired) electrons. The topological polar surface area (TPSA) is 21.3 Å². The zero-order valence-electron chi connectivity index (χ0n) is 10.5. The van der Waals surface area contributed by atoms with Gasteiger partial charge >= 0.3 is 0 Å². The summed E-state index contributed by atoms with van der Waals surface area (Å²) >= 11 is 3.51. The molecule has 0 heterocycles. The third kappa shape index (κ3) is 2.74. The van der Waals surface area contributed by atoms with E-state index >= 15 is 0 Å². The second-order valence-electron chi connectivity index (χ2n) is 4.02. The molecular weight excluding hydrogens is 290 g/mol. The van der Waals surface area contributed by atoms with Gasteiger partial charge in [0.1, 0.15) is 5.75 Å².